The molecule has 65 heavy (non-hydrogen) atoms. The summed E-state index contributed by atoms with van der Waals surface area (Å²) in [6.07, 6.45) is 66.1. The van der Waals surface area contributed by atoms with Gasteiger partial charge in [-0.25, -0.2) is 0 Å². The number of hydrogen-bond donors (Lipinski definition) is 3. The van der Waals surface area contributed by atoms with E-state index in [1.165, 1.54) is 238 Å². The van der Waals surface area contributed by atoms with Gasteiger partial charge in [-0.15, -0.1) is 0 Å². The minimum atomic E-state index is -0.664. The zero-order chi connectivity index (χ0) is 47.2. The molecule has 0 aromatic carbocycles. The Morgan fingerprint density at radius 1 is 0.415 bits per heavy atom. The molecule has 0 aliphatic rings. The second-order valence-electron chi connectivity index (χ2n) is 20.0. The normalized spacial score (nSPS) is 12.7. The molecule has 6 heteroatoms. The first-order valence-electron chi connectivity index (χ1n) is 29.1. The van der Waals surface area contributed by atoms with Crippen molar-refractivity contribution in [2.24, 2.45) is 0 Å². The van der Waals surface area contributed by atoms with E-state index in [9.17, 15) is 19.8 Å². The monoisotopic (exact) mass is 916 g/mol. The van der Waals surface area contributed by atoms with E-state index in [2.05, 4.69) is 43.5 Å². The number of aliphatic hydroxyl groups excluding tert-OH is 2. The first-order chi connectivity index (χ1) is 32.0. The van der Waals surface area contributed by atoms with Crippen LogP contribution in [0.2, 0.25) is 0 Å². The average molecular weight is 917 g/mol. The van der Waals surface area contributed by atoms with Gasteiger partial charge in [0.05, 0.1) is 25.4 Å². The molecule has 0 saturated heterocycles. The number of carbonyl (C=O) groups is 2. The van der Waals surface area contributed by atoms with Crippen LogP contribution in [-0.4, -0.2) is 47.4 Å². The number of hydrogen-bond acceptors (Lipinski definition) is 5. The fraction of sp³-hybridized carbons (Fsp3) is 0.898. The number of ether oxygens (including phenoxy) is 1. The molecule has 0 spiro atoms. The summed E-state index contributed by atoms with van der Waals surface area (Å²) >= 11 is 0. The highest BCUT2D eigenvalue weighted by Crippen LogP contribution is 2.17. The lowest BCUT2D eigenvalue weighted by Gasteiger charge is -2.22. The van der Waals surface area contributed by atoms with Gasteiger partial charge in [0, 0.05) is 12.8 Å². The highest BCUT2D eigenvalue weighted by atomic mass is 16.5. The maximum atomic E-state index is 12.4. The lowest BCUT2D eigenvalue weighted by atomic mass is 10.0. The van der Waals surface area contributed by atoms with E-state index in [-0.39, 0.29) is 18.5 Å². The second-order valence-corrected chi connectivity index (χ2v) is 20.0. The minimum Gasteiger partial charge on any atom is -0.466 e. The van der Waals surface area contributed by atoms with Crippen LogP contribution >= 0.6 is 0 Å². The number of esters is 1. The number of aliphatic hydroxyl groups is 2. The lowest BCUT2D eigenvalue weighted by molar-refractivity contribution is -0.143. The first-order valence-corrected chi connectivity index (χ1v) is 29.1. The van der Waals surface area contributed by atoms with Gasteiger partial charge in [-0.05, 0) is 77.0 Å². The highest BCUT2D eigenvalue weighted by molar-refractivity contribution is 5.76. The molecule has 0 radical (unpaired) electrons. The smallest absolute Gasteiger partial charge is 0.305 e. The maximum Gasteiger partial charge on any atom is 0.305 e. The third-order valence-corrected chi connectivity index (χ3v) is 13.5. The predicted octanol–water partition coefficient (Wildman–Crippen LogP) is 17.9. The van der Waals surface area contributed by atoms with Gasteiger partial charge in [-0.1, -0.05) is 250 Å². The fourth-order valence-corrected chi connectivity index (χ4v) is 8.98. The van der Waals surface area contributed by atoms with Crippen LogP contribution in [0.5, 0.6) is 0 Å². The van der Waals surface area contributed by atoms with Crippen molar-refractivity contribution in [2.45, 2.75) is 328 Å². The van der Waals surface area contributed by atoms with Gasteiger partial charge in [0.2, 0.25) is 5.91 Å². The molecule has 3 N–H and O–H groups in total. The molecule has 0 heterocycles. The SMILES string of the molecule is CCCCCCCC/C=C\CCCCCCCC(=O)OCCCCCCCCCCCCCC/C=C\CCCCCCCCCCC(=O)NC(CO)C(O)CCCCCCCCCCC. The first kappa shape index (κ1) is 63.3. The summed E-state index contributed by atoms with van der Waals surface area (Å²) in [7, 11) is 0. The number of unbranched alkanes of at least 4 members (excludes halogenated alkanes) is 39. The van der Waals surface area contributed by atoms with Crippen LogP contribution in [0.1, 0.15) is 316 Å². The van der Waals surface area contributed by atoms with Crippen molar-refractivity contribution in [1.82, 2.24) is 5.32 Å². The Labute approximate surface area is 405 Å². The molecule has 0 aromatic heterocycles. The molecule has 0 fully saturated rings. The Morgan fingerprint density at radius 3 is 1.09 bits per heavy atom. The number of amides is 1. The van der Waals surface area contributed by atoms with Crippen molar-refractivity contribution >= 4 is 11.9 Å². The van der Waals surface area contributed by atoms with Crippen molar-refractivity contribution in [2.75, 3.05) is 13.2 Å². The van der Waals surface area contributed by atoms with Crippen LogP contribution in [0, 0.1) is 0 Å². The number of rotatable bonds is 54. The number of nitrogens with one attached hydrogen (secondary N) is 1. The van der Waals surface area contributed by atoms with Gasteiger partial charge in [-0.3, -0.25) is 9.59 Å². The van der Waals surface area contributed by atoms with Crippen LogP contribution in [0.3, 0.4) is 0 Å². The summed E-state index contributed by atoms with van der Waals surface area (Å²) in [6.45, 7) is 4.93. The van der Waals surface area contributed by atoms with Crippen LogP contribution in [0.15, 0.2) is 24.3 Å². The molecular weight excluding hydrogens is 803 g/mol. The summed E-state index contributed by atoms with van der Waals surface area (Å²) < 4.78 is 5.48. The van der Waals surface area contributed by atoms with Crippen LogP contribution in [-0.2, 0) is 14.3 Å². The molecule has 2 unspecified atom stereocenters. The molecular formula is C59H113NO5. The molecule has 0 aliphatic heterocycles. The van der Waals surface area contributed by atoms with Gasteiger partial charge >= 0.3 is 5.97 Å². The van der Waals surface area contributed by atoms with Gasteiger partial charge in [0.25, 0.3) is 0 Å². The molecule has 1 amide bonds. The van der Waals surface area contributed by atoms with Gasteiger partial charge < -0.3 is 20.3 Å². The van der Waals surface area contributed by atoms with E-state index >= 15 is 0 Å². The predicted molar refractivity (Wildman–Crippen MR) is 283 cm³/mol. The molecule has 384 valence electrons. The van der Waals surface area contributed by atoms with Crippen molar-refractivity contribution in [3.63, 3.8) is 0 Å². The van der Waals surface area contributed by atoms with E-state index in [1.54, 1.807) is 0 Å². The van der Waals surface area contributed by atoms with Crippen LogP contribution in [0.4, 0.5) is 0 Å². The van der Waals surface area contributed by atoms with Gasteiger partial charge in [0.15, 0.2) is 0 Å². The lowest BCUT2D eigenvalue weighted by Crippen LogP contribution is -2.45. The summed E-state index contributed by atoms with van der Waals surface area (Å²) in [5, 5.41) is 23.1. The van der Waals surface area contributed by atoms with Crippen LogP contribution < -0.4 is 5.32 Å². The third kappa shape index (κ3) is 51.6. The Hall–Kier alpha value is -1.66. The Morgan fingerprint density at radius 2 is 0.723 bits per heavy atom. The summed E-state index contributed by atoms with van der Waals surface area (Å²) in [4.78, 5) is 24.4. The summed E-state index contributed by atoms with van der Waals surface area (Å²) in [5.74, 6) is -0.0371. The Balaban J connectivity index is 3.37. The number of allylic oxidation sites excluding steroid dienone is 4. The standard InChI is InChI=1S/C59H113NO5/c1-3-5-7-9-11-13-14-15-26-30-33-37-41-45-49-53-59(64)65-54-50-46-42-38-34-31-28-25-23-21-19-17-16-18-20-22-24-27-29-32-36-40-44-48-52-58(63)60-56(55-61)57(62)51-47-43-39-35-12-10-8-6-4-2/h15,18,20,26,56-57,61-62H,3-14,16-17,19,21-25,27-55H2,1-2H3,(H,60,63)/b20-18-,26-15-. The van der Waals surface area contributed by atoms with E-state index in [1.807, 2.05) is 0 Å². The molecule has 0 rings (SSSR count). The third-order valence-electron chi connectivity index (χ3n) is 13.5. The Kier molecular flexibility index (Phi) is 53.5. The maximum absolute atomic E-state index is 12.4. The zero-order valence-electron chi connectivity index (χ0n) is 43.7. The van der Waals surface area contributed by atoms with E-state index < -0.39 is 12.1 Å². The minimum absolute atomic E-state index is 0.00452. The molecule has 0 aliphatic carbocycles. The fourth-order valence-electron chi connectivity index (χ4n) is 8.98. The average Bonchev–Trinajstić information content (AvgIpc) is 3.31. The summed E-state index contributed by atoms with van der Waals surface area (Å²) in [5.41, 5.74) is 0. The van der Waals surface area contributed by atoms with Crippen molar-refractivity contribution in [3.8, 4) is 0 Å². The van der Waals surface area contributed by atoms with Crippen molar-refractivity contribution < 1.29 is 24.5 Å². The van der Waals surface area contributed by atoms with Gasteiger partial charge in [-0.2, -0.15) is 0 Å². The largest absolute Gasteiger partial charge is 0.466 e. The van der Waals surface area contributed by atoms with Crippen molar-refractivity contribution in [3.05, 3.63) is 24.3 Å². The van der Waals surface area contributed by atoms with Crippen LogP contribution in [0.25, 0.3) is 0 Å². The second kappa shape index (κ2) is 54.9. The van der Waals surface area contributed by atoms with Gasteiger partial charge in [0.1, 0.15) is 0 Å². The molecule has 0 bridgehead atoms. The van der Waals surface area contributed by atoms with E-state index in [0.29, 0.717) is 25.9 Å². The molecule has 6 nitrogen and oxygen atoms in total. The van der Waals surface area contributed by atoms with E-state index in [0.717, 1.165) is 44.9 Å². The number of carbonyl (C=O) groups excluding carboxylic acids is 2. The zero-order valence-corrected chi connectivity index (χ0v) is 43.7. The molecule has 2 atom stereocenters. The topological polar surface area (TPSA) is 95.9 Å². The highest BCUT2D eigenvalue weighted by Gasteiger charge is 2.20. The summed E-state index contributed by atoms with van der Waals surface area (Å²) in [6, 6.07) is -0.542. The molecule has 0 aromatic rings. The Bertz CT molecular complexity index is 1010. The van der Waals surface area contributed by atoms with Crippen molar-refractivity contribution in [1.29, 1.82) is 0 Å². The quantitative estimate of drug-likeness (QED) is 0.0321. The van der Waals surface area contributed by atoms with E-state index in [4.69, 9.17) is 4.74 Å². The molecule has 0 saturated carbocycles.